The van der Waals surface area contributed by atoms with Crippen molar-refractivity contribution >= 4 is 5.69 Å². The van der Waals surface area contributed by atoms with E-state index in [1.165, 1.54) is 6.07 Å². The zero-order chi connectivity index (χ0) is 14.5. The molecule has 1 aromatic carbocycles. The molecule has 20 heavy (non-hydrogen) atoms. The molecule has 1 fully saturated rings. The van der Waals surface area contributed by atoms with Crippen LogP contribution in [0.3, 0.4) is 0 Å². The van der Waals surface area contributed by atoms with Gasteiger partial charge in [-0.3, -0.25) is 15.0 Å². The topological polar surface area (TPSA) is 66.6 Å². The summed E-state index contributed by atoms with van der Waals surface area (Å²) in [5, 5.41) is 20.9. The molecule has 5 heteroatoms. The highest BCUT2D eigenvalue weighted by molar-refractivity contribution is 5.34. The lowest BCUT2D eigenvalue weighted by Gasteiger charge is -2.38. The molecule has 1 N–H and O–H groups in total. The molecule has 0 radical (unpaired) electrons. The van der Waals surface area contributed by atoms with Gasteiger partial charge in [-0.05, 0) is 31.4 Å². The van der Waals surface area contributed by atoms with Gasteiger partial charge < -0.3 is 5.11 Å². The van der Waals surface area contributed by atoms with Crippen LogP contribution in [0.1, 0.15) is 38.2 Å². The second-order valence-electron chi connectivity index (χ2n) is 5.44. The first-order valence-corrected chi connectivity index (χ1v) is 7.27. The van der Waals surface area contributed by atoms with E-state index >= 15 is 0 Å². The minimum atomic E-state index is -0.363. The Morgan fingerprint density at radius 3 is 3.00 bits per heavy atom. The Balaban J connectivity index is 2.10. The minimum Gasteiger partial charge on any atom is -0.392 e. The molecule has 0 spiro atoms. The number of aliphatic hydroxyl groups is 1. The fourth-order valence-corrected chi connectivity index (χ4v) is 2.92. The van der Waals surface area contributed by atoms with Crippen molar-refractivity contribution in [2.24, 2.45) is 0 Å². The van der Waals surface area contributed by atoms with Crippen LogP contribution in [0.4, 0.5) is 5.69 Å². The quantitative estimate of drug-likeness (QED) is 0.664. The van der Waals surface area contributed by atoms with Crippen molar-refractivity contribution in [1.82, 2.24) is 4.90 Å². The van der Waals surface area contributed by atoms with Gasteiger partial charge in [0.15, 0.2) is 0 Å². The lowest BCUT2D eigenvalue weighted by molar-refractivity contribution is -0.384. The second-order valence-corrected chi connectivity index (χ2v) is 5.44. The molecule has 1 aliphatic rings. The molecule has 0 amide bonds. The zero-order valence-electron chi connectivity index (χ0n) is 11.9. The monoisotopic (exact) mass is 278 g/mol. The maximum absolute atomic E-state index is 10.8. The van der Waals surface area contributed by atoms with Gasteiger partial charge in [0.05, 0.1) is 11.0 Å². The highest BCUT2D eigenvalue weighted by Gasteiger charge is 2.27. The standard InChI is InChI=1S/C15H22N2O3/c1-2-15(18)14-8-3-4-9-16(14)11-12-6-5-7-13(10-12)17(19)20/h5-7,10,14-15,18H,2-4,8-9,11H2,1H3. The fraction of sp³-hybridized carbons (Fsp3) is 0.600. The number of nitro benzene ring substituents is 1. The number of nitrogens with zero attached hydrogens (tertiary/aromatic N) is 2. The molecule has 1 aromatic rings. The van der Waals surface area contributed by atoms with Gasteiger partial charge in [-0.2, -0.15) is 0 Å². The Kier molecular flexibility index (Phi) is 5.09. The number of benzene rings is 1. The van der Waals surface area contributed by atoms with Crippen LogP contribution in [-0.4, -0.2) is 33.6 Å². The molecule has 0 bridgehead atoms. The molecular weight excluding hydrogens is 256 g/mol. The third-order valence-corrected chi connectivity index (χ3v) is 4.03. The minimum absolute atomic E-state index is 0.132. The van der Waals surface area contributed by atoms with Crippen molar-refractivity contribution in [1.29, 1.82) is 0 Å². The number of likely N-dealkylation sites (tertiary alicyclic amines) is 1. The van der Waals surface area contributed by atoms with Crippen LogP contribution < -0.4 is 0 Å². The van der Waals surface area contributed by atoms with Crippen LogP contribution in [0.15, 0.2) is 24.3 Å². The van der Waals surface area contributed by atoms with Gasteiger partial charge in [0.25, 0.3) is 5.69 Å². The van der Waals surface area contributed by atoms with Gasteiger partial charge in [0, 0.05) is 24.7 Å². The van der Waals surface area contributed by atoms with Crippen LogP contribution in [0.2, 0.25) is 0 Å². The van der Waals surface area contributed by atoms with E-state index in [9.17, 15) is 15.2 Å². The predicted molar refractivity (Wildman–Crippen MR) is 77.4 cm³/mol. The highest BCUT2D eigenvalue weighted by atomic mass is 16.6. The first kappa shape index (κ1) is 14.9. The van der Waals surface area contributed by atoms with Gasteiger partial charge in [-0.25, -0.2) is 0 Å². The fourth-order valence-electron chi connectivity index (χ4n) is 2.92. The van der Waals surface area contributed by atoms with E-state index in [4.69, 9.17) is 0 Å². The van der Waals surface area contributed by atoms with Gasteiger partial charge in [-0.1, -0.05) is 25.5 Å². The van der Waals surface area contributed by atoms with Crippen molar-refractivity contribution in [3.8, 4) is 0 Å². The maximum atomic E-state index is 10.8. The lowest BCUT2D eigenvalue weighted by Crippen LogP contribution is -2.46. The van der Waals surface area contributed by atoms with Crippen LogP contribution in [-0.2, 0) is 6.54 Å². The zero-order valence-corrected chi connectivity index (χ0v) is 11.9. The van der Waals surface area contributed by atoms with Gasteiger partial charge >= 0.3 is 0 Å². The van der Waals surface area contributed by atoms with E-state index in [0.29, 0.717) is 6.54 Å². The van der Waals surface area contributed by atoms with Gasteiger partial charge in [-0.15, -0.1) is 0 Å². The Hall–Kier alpha value is -1.46. The van der Waals surface area contributed by atoms with Crippen molar-refractivity contribution in [2.45, 2.75) is 51.3 Å². The summed E-state index contributed by atoms with van der Waals surface area (Å²) in [4.78, 5) is 12.7. The Morgan fingerprint density at radius 2 is 2.30 bits per heavy atom. The number of rotatable bonds is 5. The summed E-state index contributed by atoms with van der Waals surface area (Å²) in [6.45, 7) is 3.61. The van der Waals surface area contributed by atoms with Gasteiger partial charge in [0.1, 0.15) is 0 Å². The molecule has 5 nitrogen and oxygen atoms in total. The third kappa shape index (κ3) is 3.55. The van der Waals surface area contributed by atoms with E-state index in [2.05, 4.69) is 4.90 Å². The summed E-state index contributed by atoms with van der Waals surface area (Å²) in [5.41, 5.74) is 1.07. The average molecular weight is 278 g/mol. The van der Waals surface area contributed by atoms with E-state index < -0.39 is 0 Å². The second kappa shape index (κ2) is 6.81. The lowest BCUT2D eigenvalue weighted by atomic mass is 9.95. The highest BCUT2D eigenvalue weighted by Crippen LogP contribution is 2.24. The van der Waals surface area contributed by atoms with E-state index in [1.807, 2.05) is 13.0 Å². The Labute approximate surface area is 119 Å². The molecule has 2 rings (SSSR count). The number of nitro groups is 1. The van der Waals surface area contributed by atoms with Crippen LogP contribution in [0.25, 0.3) is 0 Å². The first-order valence-electron chi connectivity index (χ1n) is 7.27. The average Bonchev–Trinajstić information content (AvgIpc) is 2.47. The molecular formula is C15H22N2O3. The summed E-state index contributed by atoms with van der Waals surface area (Å²) >= 11 is 0. The van der Waals surface area contributed by atoms with Crippen molar-refractivity contribution in [3.63, 3.8) is 0 Å². The Bertz CT molecular complexity index is 464. The number of piperidine rings is 1. The summed E-state index contributed by atoms with van der Waals surface area (Å²) < 4.78 is 0. The molecule has 0 aromatic heterocycles. The summed E-state index contributed by atoms with van der Waals surface area (Å²) in [6, 6.07) is 6.95. The number of aliphatic hydroxyl groups excluding tert-OH is 1. The van der Waals surface area contributed by atoms with Crippen molar-refractivity contribution < 1.29 is 10.0 Å². The molecule has 2 unspecified atom stereocenters. The van der Waals surface area contributed by atoms with Crippen molar-refractivity contribution in [2.75, 3.05) is 6.54 Å². The number of hydrogen-bond donors (Lipinski definition) is 1. The summed E-state index contributed by atoms with van der Waals surface area (Å²) in [7, 11) is 0. The van der Waals surface area contributed by atoms with Crippen LogP contribution in [0.5, 0.6) is 0 Å². The molecule has 0 saturated carbocycles. The summed E-state index contributed by atoms with van der Waals surface area (Å²) in [5.74, 6) is 0. The van der Waals surface area contributed by atoms with E-state index in [-0.39, 0.29) is 22.8 Å². The van der Waals surface area contributed by atoms with E-state index in [0.717, 1.165) is 37.8 Å². The van der Waals surface area contributed by atoms with Crippen LogP contribution in [0, 0.1) is 10.1 Å². The molecule has 1 aliphatic heterocycles. The number of hydrogen-bond acceptors (Lipinski definition) is 4. The van der Waals surface area contributed by atoms with E-state index in [1.54, 1.807) is 12.1 Å². The third-order valence-electron chi connectivity index (χ3n) is 4.03. The summed E-state index contributed by atoms with van der Waals surface area (Å²) in [6.07, 6.45) is 3.71. The van der Waals surface area contributed by atoms with Crippen molar-refractivity contribution in [3.05, 3.63) is 39.9 Å². The largest absolute Gasteiger partial charge is 0.392 e. The maximum Gasteiger partial charge on any atom is 0.269 e. The molecule has 0 aliphatic carbocycles. The smallest absolute Gasteiger partial charge is 0.269 e. The molecule has 1 heterocycles. The molecule has 2 atom stereocenters. The SMILES string of the molecule is CCC(O)C1CCCCN1Cc1cccc([N+](=O)[O-])c1. The predicted octanol–water partition coefficient (Wildman–Crippen LogP) is 2.72. The molecule has 110 valence electrons. The number of non-ortho nitro benzene ring substituents is 1. The van der Waals surface area contributed by atoms with Crippen LogP contribution >= 0.6 is 0 Å². The first-order chi connectivity index (χ1) is 9.61. The normalized spacial score (nSPS) is 21.6. The molecule has 1 saturated heterocycles. The Morgan fingerprint density at radius 1 is 1.50 bits per heavy atom. The van der Waals surface area contributed by atoms with Gasteiger partial charge in [0.2, 0.25) is 0 Å².